The summed E-state index contributed by atoms with van der Waals surface area (Å²) in [5.74, 6) is -0.383. The van der Waals surface area contributed by atoms with Crippen LogP contribution in [-0.2, 0) is 14.2 Å². The number of halogens is 1. The molecule has 6 atom stereocenters. The zero-order chi connectivity index (χ0) is 22.5. The first kappa shape index (κ1) is 21.8. The van der Waals surface area contributed by atoms with E-state index in [-0.39, 0.29) is 12.5 Å². The van der Waals surface area contributed by atoms with Gasteiger partial charge in [0.05, 0.1) is 16.3 Å². The maximum atomic E-state index is 11.9. The van der Waals surface area contributed by atoms with E-state index < -0.39 is 36.0 Å². The van der Waals surface area contributed by atoms with Gasteiger partial charge in [-0.25, -0.2) is 4.79 Å². The van der Waals surface area contributed by atoms with Gasteiger partial charge in [-0.3, -0.25) is 0 Å². The molecule has 0 amide bonds. The average molecular weight is 551 g/mol. The van der Waals surface area contributed by atoms with Crippen molar-refractivity contribution in [3.05, 3.63) is 74.2 Å². The van der Waals surface area contributed by atoms with Crippen molar-refractivity contribution in [2.75, 3.05) is 19.0 Å². The zero-order valence-corrected chi connectivity index (χ0v) is 19.3. The molecule has 1 saturated carbocycles. The summed E-state index contributed by atoms with van der Waals surface area (Å²) >= 11 is 1.93. The zero-order valence-electron chi connectivity index (χ0n) is 17.1. The van der Waals surface area contributed by atoms with Crippen molar-refractivity contribution in [3.8, 4) is 0 Å². The minimum atomic E-state index is -1.33. The van der Waals surface area contributed by atoms with Crippen molar-refractivity contribution >= 4 is 39.2 Å². The van der Waals surface area contributed by atoms with E-state index in [0.29, 0.717) is 14.8 Å². The van der Waals surface area contributed by atoms with E-state index in [1.165, 1.54) is 7.11 Å². The Morgan fingerprint density at radius 3 is 2.75 bits per heavy atom. The molecule has 3 N–H and O–H groups in total. The minimum Gasteiger partial charge on any atom is -0.422 e. The Bertz CT molecular complexity index is 1190. The van der Waals surface area contributed by atoms with Gasteiger partial charge in [0, 0.05) is 35.7 Å². The second-order valence-electron chi connectivity index (χ2n) is 8.01. The van der Waals surface area contributed by atoms with Crippen LogP contribution in [0.1, 0.15) is 11.9 Å². The maximum absolute atomic E-state index is 11.9. The van der Waals surface area contributed by atoms with E-state index in [0.717, 1.165) is 10.9 Å². The number of hydrogen-bond acceptors (Lipinski definition) is 8. The summed E-state index contributed by atoms with van der Waals surface area (Å²) in [4.78, 5) is 11.9. The molecule has 3 aromatic rings. The molecule has 2 heterocycles. The topological polar surface area (TPSA) is 110 Å². The van der Waals surface area contributed by atoms with Crippen LogP contribution in [0.3, 0.4) is 0 Å². The molecule has 1 aliphatic carbocycles. The van der Waals surface area contributed by atoms with Crippen molar-refractivity contribution in [3.63, 3.8) is 0 Å². The lowest BCUT2D eigenvalue weighted by atomic mass is 9.60. The van der Waals surface area contributed by atoms with Crippen LogP contribution in [0.5, 0.6) is 0 Å². The van der Waals surface area contributed by atoms with Crippen LogP contribution in [0.25, 0.3) is 11.0 Å². The molecule has 2 aromatic carbocycles. The Balaban J connectivity index is 1.44. The van der Waals surface area contributed by atoms with Gasteiger partial charge in [-0.1, -0.05) is 30.3 Å². The van der Waals surface area contributed by atoms with Gasteiger partial charge in [-0.2, -0.15) is 0 Å². The first-order chi connectivity index (χ1) is 15.4. The monoisotopic (exact) mass is 551 g/mol. The Morgan fingerprint density at radius 1 is 1.22 bits per heavy atom. The number of rotatable bonds is 5. The summed E-state index contributed by atoms with van der Waals surface area (Å²) in [5, 5.41) is 25.9. The van der Waals surface area contributed by atoms with Crippen LogP contribution in [0.4, 0.5) is 5.69 Å². The normalized spacial score (nSPS) is 30.4. The molecule has 1 aromatic heterocycles. The summed E-state index contributed by atoms with van der Waals surface area (Å²) < 4.78 is 23.1. The second-order valence-corrected chi connectivity index (χ2v) is 9.17. The van der Waals surface area contributed by atoms with Gasteiger partial charge >= 0.3 is 5.63 Å². The standard InChI is InChI=1S/C23H22INO7/c1-29-22(28)23(25-14-8-7-13-9-16(24)20(27)31-17(13)10-14)15-11-30-21(32-18(15)19(23)26)12-5-3-2-4-6-12/h2-10,15,18-19,21-22,25-26,28H,11H2,1H3/t15?,18-,19?,21?,22-,23+/m1/s1. The molecule has 2 aliphatic rings. The smallest absolute Gasteiger partial charge is 0.349 e. The van der Waals surface area contributed by atoms with E-state index >= 15 is 0 Å². The number of nitrogens with one attached hydrogen (secondary N) is 1. The number of anilines is 1. The third-order valence-corrected chi connectivity index (χ3v) is 7.03. The predicted molar refractivity (Wildman–Crippen MR) is 124 cm³/mol. The Kier molecular flexibility index (Phi) is 5.72. The minimum absolute atomic E-state index is 0.246. The Morgan fingerprint density at radius 2 is 2.00 bits per heavy atom. The lowest BCUT2D eigenvalue weighted by molar-refractivity contribution is -0.347. The summed E-state index contributed by atoms with van der Waals surface area (Å²) in [6.45, 7) is 0.246. The SMILES string of the molecule is CO[C@@H](O)[C@@]1(Nc2ccc3cc(I)c(=O)oc3c2)C(O)[C@@H]2OC(c3ccccc3)OCC21. The van der Waals surface area contributed by atoms with Crippen LogP contribution < -0.4 is 10.9 Å². The van der Waals surface area contributed by atoms with E-state index in [2.05, 4.69) is 5.32 Å². The number of ether oxygens (including phenoxy) is 3. The fraction of sp³-hybridized carbons (Fsp3) is 0.348. The third kappa shape index (κ3) is 3.44. The van der Waals surface area contributed by atoms with Gasteiger partial charge in [0.25, 0.3) is 0 Å². The number of methoxy groups -OCH3 is 1. The van der Waals surface area contributed by atoms with Gasteiger partial charge < -0.3 is 34.2 Å². The highest BCUT2D eigenvalue weighted by atomic mass is 127. The molecule has 32 heavy (non-hydrogen) atoms. The molecule has 1 saturated heterocycles. The molecule has 2 fully saturated rings. The molecular formula is C23H22INO7. The molecule has 0 spiro atoms. The molecule has 3 unspecified atom stereocenters. The van der Waals surface area contributed by atoms with Gasteiger partial charge in [0.15, 0.2) is 12.6 Å². The second kappa shape index (κ2) is 8.40. The van der Waals surface area contributed by atoms with Crippen molar-refractivity contribution < 1.29 is 28.8 Å². The molecule has 1 aliphatic heterocycles. The fourth-order valence-corrected chi connectivity index (χ4v) is 5.04. The number of aliphatic hydroxyl groups excluding tert-OH is 2. The average Bonchev–Trinajstić information content (AvgIpc) is 2.82. The summed E-state index contributed by atoms with van der Waals surface area (Å²) in [6.07, 6.45) is -3.55. The number of benzene rings is 2. The van der Waals surface area contributed by atoms with Gasteiger partial charge in [0.1, 0.15) is 17.2 Å². The summed E-state index contributed by atoms with van der Waals surface area (Å²) in [6, 6.07) is 16.5. The highest BCUT2D eigenvalue weighted by Crippen LogP contribution is 2.50. The van der Waals surface area contributed by atoms with E-state index in [1.807, 2.05) is 52.9 Å². The largest absolute Gasteiger partial charge is 0.422 e. The van der Waals surface area contributed by atoms with Crippen molar-refractivity contribution in [1.82, 2.24) is 0 Å². The van der Waals surface area contributed by atoms with E-state index in [9.17, 15) is 15.0 Å². The number of aliphatic hydroxyl groups is 2. The van der Waals surface area contributed by atoms with Gasteiger partial charge in [-0.15, -0.1) is 0 Å². The maximum Gasteiger partial charge on any atom is 0.349 e. The molecule has 8 nitrogen and oxygen atoms in total. The number of fused-ring (bicyclic) bond motifs is 2. The molecule has 0 bridgehead atoms. The van der Waals surface area contributed by atoms with E-state index in [4.69, 9.17) is 18.6 Å². The third-order valence-electron chi connectivity index (χ3n) is 6.28. The van der Waals surface area contributed by atoms with Crippen molar-refractivity contribution in [2.45, 2.75) is 30.3 Å². The summed E-state index contributed by atoms with van der Waals surface area (Å²) in [5.41, 5.74) is 0.119. The highest BCUT2D eigenvalue weighted by molar-refractivity contribution is 14.1. The van der Waals surface area contributed by atoms with Crippen LogP contribution in [0.15, 0.2) is 63.8 Å². The molecule has 9 heteroatoms. The quantitative estimate of drug-likeness (QED) is 0.252. The lowest BCUT2D eigenvalue weighted by Crippen LogP contribution is -2.81. The fourth-order valence-electron chi connectivity index (χ4n) is 4.59. The van der Waals surface area contributed by atoms with Crippen LogP contribution in [0, 0.1) is 9.49 Å². The lowest BCUT2D eigenvalue weighted by Gasteiger charge is -2.62. The molecule has 168 valence electrons. The summed E-state index contributed by atoms with van der Waals surface area (Å²) in [7, 11) is 1.37. The van der Waals surface area contributed by atoms with Gasteiger partial charge in [0.2, 0.25) is 0 Å². The molecule has 5 rings (SSSR count). The molecule has 0 radical (unpaired) electrons. The van der Waals surface area contributed by atoms with Crippen LogP contribution in [0.2, 0.25) is 0 Å². The van der Waals surface area contributed by atoms with Crippen LogP contribution in [-0.4, -0.2) is 48.0 Å². The Hall–Kier alpha value is -2.02. The van der Waals surface area contributed by atoms with Crippen molar-refractivity contribution in [1.29, 1.82) is 0 Å². The van der Waals surface area contributed by atoms with Crippen LogP contribution >= 0.6 is 22.6 Å². The highest BCUT2D eigenvalue weighted by Gasteiger charge is 2.68. The number of hydrogen-bond donors (Lipinski definition) is 3. The Labute approximate surface area is 197 Å². The predicted octanol–water partition coefficient (Wildman–Crippen LogP) is 2.62. The van der Waals surface area contributed by atoms with Gasteiger partial charge in [-0.05, 0) is 40.8 Å². The first-order valence-corrected chi connectivity index (χ1v) is 11.2. The molecular weight excluding hydrogens is 529 g/mol. The first-order valence-electron chi connectivity index (χ1n) is 10.2. The van der Waals surface area contributed by atoms with Crippen molar-refractivity contribution in [2.24, 2.45) is 5.92 Å². The van der Waals surface area contributed by atoms with E-state index in [1.54, 1.807) is 24.3 Å².